The van der Waals surface area contributed by atoms with Gasteiger partial charge in [0.2, 0.25) is 5.91 Å². The van der Waals surface area contributed by atoms with Gasteiger partial charge in [0.1, 0.15) is 11.6 Å². The number of carboxylic acid groups (broad SMARTS) is 1. The normalized spacial score (nSPS) is 31.0. The molecule has 2 bridgehead atoms. The molecule has 166 valence electrons. The topological polar surface area (TPSA) is 107 Å². The summed E-state index contributed by atoms with van der Waals surface area (Å²) in [6.45, 7) is 3.94. The molecular weight excluding hydrogens is 424 g/mol. The molecule has 2 N–H and O–H groups in total. The predicted octanol–water partition coefficient (Wildman–Crippen LogP) is 1.70. The van der Waals surface area contributed by atoms with E-state index in [1.165, 1.54) is 9.80 Å². The summed E-state index contributed by atoms with van der Waals surface area (Å²) in [5, 5.41) is 19.6. The number of carbonyl (C=O) groups excluding carboxylic acids is 2. The molecule has 1 spiro atoms. The SMILES string of the molecule is C=CCN(C(=O)C1N(CCCO)C(=O)[C@@H]2[C@H](C(=O)O)[C@@H]3CCC12O3)c1ccc(Cl)cc1. The summed E-state index contributed by atoms with van der Waals surface area (Å²) in [4.78, 5) is 42.1. The second kappa shape index (κ2) is 8.26. The van der Waals surface area contributed by atoms with E-state index in [0.717, 1.165) is 0 Å². The van der Waals surface area contributed by atoms with Crippen molar-refractivity contribution in [2.24, 2.45) is 11.8 Å². The van der Waals surface area contributed by atoms with E-state index >= 15 is 0 Å². The fourth-order valence-electron chi connectivity index (χ4n) is 5.42. The number of likely N-dealkylation sites (tertiary alicyclic amines) is 1. The summed E-state index contributed by atoms with van der Waals surface area (Å²) < 4.78 is 6.16. The zero-order valence-corrected chi connectivity index (χ0v) is 17.7. The highest BCUT2D eigenvalue weighted by Crippen LogP contribution is 2.58. The Morgan fingerprint density at radius 2 is 2.06 bits per heavy atom. The molecule has 1 aromatic rings. The highest BCUT2D eigenvalue weighted by Gasteiger charge is 2.74. The summed E-state index contributed by atoms with van der Waals surface area (Å²) in [5.74, 6) is -3.72. The van der Waals surface area contributed by atoms with E-state index in [1.54, 1.807) is 30.3 Å². The number of benzene rings is 1. The van der Waals surface area contributed by atoms with Crippen molar-refractivity contribution < 1.29 is 29.3 Å². The number of anilines is 1. The third-order valence-corrected chi connectivity index (χ3v) is 6.84. The highest BCUT2D eigenvalue weighted by atomic mass is 35.5. The second-order valence-electron chi connectivity index (χ2n) is 8.22. The largest absolute Gasteiger partial charge is 0.481 e. The van der Waals surface area contributed by atoms with E-state index in [4.69, 9.17) is 16.3 Å². The number of amides is 2. The molecule has 0 aromatic heterocycles. The molecule has 1 aromatic carbocycles. The molecule has 3 heterocycles. The number of halogens is 1. The fraction of sp³-hybridized carbons (Fsp3) is 0.500. The molecule has 0 aliphatic carbocycles. The zero-order chi connectivity index (χ0) is 22.3. The first kappa shape index (κ1) is 21.8. The number of aliphatic hydroxyl groups excluding tert-OH is 1. The van der Waals surface area contributed by atoms with Crippen LogP contribution in [-0.2, 0) is 19.1 Å². The quantitative estimate of drug-likeness (QED) is 0.586. The lowest BCUT2D eigenvalue weighted by Gasteiger charge is -2.36. The molecule has 3 aliphatic heterocycles. The van der Waals surface area contributed by atoms with Crippen LogP contribution in [-0.4, -0.2) is 70.3 Å². The van der Waals surface area contributed by atoms with Crippen LogP contribution in [0.1, 0.15) is 19.3 Å². The lowest BCUT2D eigenvalue weighted by molar-refractivity contribution is -0.149. The third-order valence-electron chi connectivity index (χ3n) is 6.59. The van der Waals surface area contributed by atoms with Crippen LogP contribution in [0.25, 0.3) is 0 Å². The van der Waals surface area contributed by atoms with Gasteiger partial charge in [-0.15, -0.1) is 6.58 Å². The van der Waals surface area contributed by atoms with Gasteiger partial charge in [0.15, 0.2) is 0 Å². The average molecular weight is 449 g/mol. The maximum absolute atomic E-state index is 13.9. The lowest BCUT2D eigenvalue weighted by Crippen LogP contribution is -2.56. The van der Waals surface area contributed by atoms with Gasteiger partial charge in [-0.2, -0.15) is 0 Å². The summed E-state index contributed by atoms with van der Waals surface area (Å²) in [6.07, 6.45) is 2.21. The van der Waals surface area contributed by atoms with Crippen molar-refractivity contribution in [1.29, 1.82) is 0 Å². The van der Waals surface area contributed by atoms with Crippen molar-refractivity contribution in [3.8, 4) is 0 Å². The summed E-state index contributed by atoms with van der Waals surface area (Å²) in [5.41, 5.74) is -0.588. The van der Waals surface area contributed by atoms with Gasteiger partial charge in [-0.3, -0.25) is 14.4 Å². The molecule has 2 amide bonds. The summed E-state index contributed by atoms with van der Waals surface area (Å²) >= 11 is 5.99. The minimum absolute atomic E-state index is 0.146. The number of ether oxygens (including phenoxy) is 1. The number of carboxylic acids is 1. The minimum atomic E-state index is -1.18. The van der Waals surface area contributed by atoms with Crippen molar-refractivity contribution in [3.05, 3.63) is 41.9 Å². The number of hydrogen-bond donors (Lipinski definition) is 2. The number of aliphatic hydroxyl groups is 1. The molecule has 3 saturated heterocycles. The molecular formula is C22H25ClN2O6. The Balaban J connectivity index is 1.76. The number of nitrogens with zero attached hydrogens (tertiary/aromatic N) is 2. The van der Waals surface area contributed by atoms with E-state index < -0.39 is 41.5 Å². The van der Waals surface area contributed by atoms with Crippen LogP contribution in [0.5, 0.6) is 0 Å². The first-order valence-electron chi connectivity index (χ1n) is 10.4. The Hall–Kier alpha value is -2.42. The molecule has 8 nitrogen and oxygen atoms in total. The molecule has 0 radical (unpaired) electrons. The maximum atomic E-state index is 13.9. The highest BCUT2D eigenvalue weighted by molar-refractivity contribution is 6.30. The van der Waals surface area contributed by atoms with Gasteiger partial charge in [-0.25, -0.2) is 0 Å². The van der Waals surface area contributed by atoms with Crippen molar-refractivity contribution in [2.75, 3.05) is 24.6 Å². The molecule has 5 atom stereocenters. The number of aliphatic carboxylic acids is 1. The first-order chi connectivity index (χ1) is 14.9. The zero-order valence-electron chi connectivity index (χ0n) is 16.9. The minimum Gasteiger partial charge on any atom is -0.481 e. The monoisotopic (exact) mass is 448 g/mol. The van der Waals surface area contributed by atoms with Crippen LogP contribution >= 0.6 is 11.6 Å². The molecule has 9 heteroatoms. The Morgan fingerprint density at radius 3 is 2.68 bits per heavy atom. The van der Waals surface area contributed by atoms with E-state index in [1.807, 2.05) is 0 Å². The van der Waals surface area contributed by atoms with E-state index in [2.05, 4.69) is 6.58 Å². The Kier molecular flexibility index (Phi) is 5.81. The van der Waals surface area contributed by atoms with Crippen LogP contribution in [0, 0.1) is 11.8 Å². The molecule has 2 unspecified atom stereocenters. The van der Waals surface area contributed by atoms with Crippen molar-refractivity contribution >= 4 is 35.1 Å². The van der Waals surface area contributed by atoms with Crippen LogP contribution < -0.4 is 4.90 Å². The summed E-state index contributed by atoms with van der Waals surface area (Å²) in [7, 11) is 0. The molecule has 3 aliphatic rings. The molecule has 31 heavy (non-hydrogen) atoms. The van der Waals surface area contributed by atoms with Crippen LogP contribution in [0.15, 0.2) is 36.9 Å². The fourth-order valence-corrected chi connectivity index (χ4v) is 5.54. The standard InChI is InChI=1S/C22H25ClN2O6/c1-2-10-24(14-6-4-13(23)5-7-14)20(28)18-22-9-8-15(31-22)16(21(29)30)17(22)19(27)25(18)11-3-12-26/h2,4-7,15-18,26H,1,3,8-12H2,(H,29,30)/t15-,16+,17-,18?,22?/m0/s1. The van der Waals surface area contributed by atoms with Gasteiger partial charge in [-0.05, 0) is 43.5 Å². The Labute approximate surface area is 185 Å². The van der Waals surface area contributed by atoms with Gasteiger partial charge >= 0.3 is 5.97 Å². The van der Waals surface area contributed by atoms with Crippen molar-refractivity contribution in [2.45, 2.75) is 37.0 Å². The van der Waals surface area contributed by atoms with Gasteiger partial charge in [0.05, 0.1) is 17.9 Å². The van der Waals surface area contributed by atoms with Gasteiger partial charge in [0.25, 0.3) is 5.91 Å². The van der Waals surface area contributed by atoms with Crippen molar-refractivity contribution in [3.63, 3.8) is 0 Å². The van der Waals surface area contributed by atoms with E-state index in [0.29, 0.717) is 23.6 Å². The lowest BCUT2D eigenvalue weighted by atomic mass is 9.70. The Morgan fingerprint density at radius 1 is 1.35 bits per heavy atom. The number of rotatable bonds is 8. The Bertz CT molecular complexity index is 906. The average Bonchev–Trinajstić information content (AvgIpc) is 3.38. The third kappa shape index (κ3) is 3.33. The van der Waals surface area contributed by atoms with Crippen molar-refractivity contribution in [1.82, 2.24) is 4.90 Å². The van der Waals surface area contributed by atoms with E-state index in [9.17, 15) is 24.6 Å². The molecule has 3 fully saturated rings. The first-order valence-corrected chi connectivity index (χ1v) is 10.7. The number of hydrogen-bond acceptors (Lipinski definition) is 5. The van der Waals surface area contributed by atoms with Gasteiger partial charge in [-0.1, -0.05) is 17.7 Å². The number of fused-ring (bicyclic) bond motifs is 1. The van der Waals surface area contributed by atoms with Gasteiger partial charge in [0, 0.05) is 30.4 Å². The second-order valence-corrected chi connectivity index (χ2v) is 8.65. The van der Waals surface area contributed by atoms with Crippen LogP contribution in [0.2, 0.25) is 5.02 Å². The van der Waals surface area contributed by atoms with E-state index in [-0.39, 0.29) is 32.0 Å². The number of carbonyl (C=O) groups is 3. The summed E-state index contributed by atoms with van der Waals surface area (Å²) in [6, 6.07) is 5.79. The smallest absolute Gasteiger partial charge is 0.310 e. The van der Waals surface area contributed by atoms with Crippen LogP contribution in [0.4, 0.5) is 5.69 Å². The van der Waals surface area contributed by atoms with Crippen LogP contribution in [0.3, 0.4) is 0 Å². The molecule has 4 rings (SSSR count). The van der Waals surface area contributed by atoms with Gasteiger partial charge < -0.3 is 24.7 Å². The maximum Gasteiger partial charge on any atom is 0.310 e. The molecule has 0 saturated carbocycles. The predicted molar refractivity (Wildman–Crippen MR) is 113 cm³/mol.